The molecule has 0 radical (unpaired) electrons. The minimum atomic E-state index is -1.05. The van der Waals surface area contributed by atoms with Gasteiger partial charge in [-0.3, -0.25) is 0 Å². The van der Waals surface area contributed by atoms with Crippen molar-refractivity contribution in [3.05, 3.63) is 36.5 Å². The lowest BCUT2D eigenvalue weighted by Gasteiger charge is -2.43. The van der Waals surface area contributed by atoms with Crippen molar-refractivity contribution in [1.82, 2.24) is 0 Å². The third kappa shape index (κ3) is 4.57. The average molecular weight is 306 g/mol. The number of allylic oxidation sites excluding steroid dienone is 3. The molecule has 1 rings (SSSR count). The van der Waals surface area contributed by atoms with E-state index >= 15 is 0 Å². The predicted octanol–water partition coefficient (Wildman–Crippen LogP) is 4.64. The van der Waals surface area contributed by atoms with Crippen molar-refractivity contribution in [2.45, 2.75) is 72.0 Å². The second kappa shape index (κ2) is 7.14. The van der Waals surface area contributed by atoms with Crippen LogP contribution in [0.15, 0.2) is 36.5 Å². The van der Waals surface area contributed by atoms with E-state index in [4.69, 9.17) is 0 Å². The highest BCUT2D eigenvalue weighted by Crippen LogP contribution is 2.48. The van der Waals surface area contributed by atoms with E-state index in [1.165, 1.54) is 11.1 Å². The van der Waals surface area contributed by atoms with Gasteiger partial charge in [0.15, 0.2) is 0 Å². The zero-order chi connectivity index (χ0) is 17.1. The maximum atomic E-state index is 9.97. The lowest BCUT2D eigenvalue weighted by Crippen LogP contribution is -2.35. The summed E-state index contributed by atoms with van der Waals surface area (Å²) >= 11 is 0. The number of rotatable bonds is 6. The zero-order valence-electron chi connectivity index (χ0n) is 15.0. The van der Waals surface area contributed by atoms with Crippen LogP contribution in [0.3, 0.4) is 0 Å². The standard InChI is InChI=1S/C20H34O2/c1-8-20(7)12-11-16(13-17(20)14(2)3)15(4)9-10-18(21)19(5,6)22/h8-9,16-18,21-22H,1-2,10-13H2,3-7H3/b15-9+/t16-,17+,18+,20-/m0/s1. The summed E-state index contributed by atoms with van der Waals surface area (Å²) in [5.74, 6) is 0.995. The molecule has 0 bridgehead atoms. The summed E-state index contributed by atoms with van der Waals surface area (Å²) in [5, 5.41) is 19.8. The highest BCUT2D eigenvalue weighted by molar-refractivity contribution is 5.16. The molecule has 4 atom stereocenters. The topological polar surface area (TPSA) is 40.5 Å². The van der Waals surface area contributed by atoms with Gasteiger partial charge >= 0.3 is 0 Å². The van der Waals surface area contributed by atoms with Gasteiger partial charge in [0.05, 0.1) is 11.7 Å². The Balaban J connectivity index is 2.78. The molecule has 1 aliphatic carbocycles. The molecule has 0 aromatic heterocycles. The van der Waals surface area contributed by atoms with Gasteiger partial charge in [0, 0.05) is 0 Å². The fraction of sp³-hybridized carbons (Fsp3) is 0.700. The number of aliphatic hydroxyl groups excluding tert-OH is 1. The van der Waals surface area contributed by atoms with Gasteiger partial charge in [-0.05, 0) is 70.6 Å². The molecule has 0 heterocycles. The van der Waals surface area contributed by atoms with Gasteiger partial charge in [-0.15, -0.1) is 6.58 Å². The molecule has 1 aliphatic rings. The fourth-order valence-corrected chi connectivity index (χ4v) is 3.51. The zero-order valence-corrected chi connectivity index (χ0v) is 15.0. The number of hydrogen-bond donors (Lipinski definition) is 2. The monoisotopic (exact) mass is 306 g/mol. The first kappa shape index (κ1) is 19.2. The Morgan fingerprint density at radius 1 is 1.41 bits per heavy atom. The summed E-state index contributed by atoms with van der Waals surface area (Å²) in [7, 11) is 0. The van der Waals surface area contributed by atoms with Crippen LogP contribution < -0.4 is 0 Å². The lowest BCUT2D eigenvalue weighted by atomic mass is 9.61. The van der Waals surface area contributed by atoms with E-state index in [-0.39, 0.29) is 5.41 Å². The van der Waals surface area contributed by atoms with Crippen molar-refractivity contribution in [3.63, 3.8) is 0 Å². The number of hydrogen-bond acceptors (Lipinski definition) is 2. The van der Waals surface area contributed by atoms with Crippen LogP contribution >= 0.6 is 0 Å². The van der Waals surface area contributed by atoms with Gasteiger partial charge in [0.2, 0.25) is 0 Å². The second-order valence-corrected chi connectivity index (χ2v) is 7.93. The molecule has 0 aliphatic heterocycles. The first-order chi connectivity index (χ1) is 10.0. The molecule has 0 aromatic carbocycles. The summed E-state index contributed by atoms with van der Waals surface area (Å²) in [6.45, 7) is 18.1. The van der Waals surface area contributed by atoms with E-state index in [0.717, 1.165) is 19.3 Å². The van der Waals surface area contributed by atoms with Gasteiger partial charge in [-0.2, -0.15) is 0 Å². The summed E-state index contributed by atoms with van der Waals surface area (Å²) in [6.07, 6.45) is 7.34. The summed E-state index contributed by atoms with van der Waals surface area (Å²) < 4.78 is 0. The second-order valence-electron chi connectivity index (χ2n) is 7.93. The van der Waals surface area contributed by atoms with E-state index < -0.39 is 11.7 Å². The van der Waals surface area contributed by atoms with Gasteiger partial charge in [-0.1, -0.05) is 36.8 Å². The quantitative estimate of drug-likeness (QED) is 0.702. The molecule has 1 fully saturated rings. The van der Waals surface area contributed by atoms with Gasteiger partial charge in [-0.25, -0.2) is 0 Å². The molecule has 22 heavy (non-hydrogen) atoms. The molecule has 2 heteroatoms. The van der Waals surface area contributed by atoms with E-state index in [1.807, 2.05) is 0 Å². The largest absolute Gasteiger partial charge is 0.390 e. The molecule has 1 saturated carbocycles. The molecular formula is C20H34O2. The highest BCUT2D eigenvalue weighted by Gasteiger charge is 2.38. The summed E-state index contributed by atoms with van der Waals surface area (Å²) in [6, 6.07) is 0. The van der Waals surface area contributed by atoms with Crippen LogP contribution in [0.1, 0.15) is 60.3 Å². The Hall–Kier alpha value is -0.860. The maximum Gasteiger partial charge on any atom is 0.0856 e. The van der Waals surface area contributed by atoms with E-state index in [1.54, 1.807) is 13.8 Å². The maximum absolute atomic E-state index is 9.97. The van der Waals surface area contributed by atoms with E-state index in [2.05, 4.69) is 46.1 Å². The molecule has 2 N–H and O–H groups in total. The SMILES string of the molecule is C=C[C@@]1(C)CC[C@H](/C(C)=C/C[C@@H](O)C(C)(C)O)C[C@@H]1C(=C)C. The van der Waals surface area contributed by atoms with Crippen molar-refractivity contribution < 1.29 is 10.2 Å². The third-order valence-electron chi connectivity index (χ3n) is 5.53. The first-order valence-electron chi connectivity index (χ1n) is 8.37. The molecule has 0 aromatic rings. The van der Waals surface area contributed by atoms with Crippen LogP contribution in [-0.2, 0) is 0 Å². The minimum absolute atomic E-state index is 0.148. The van der Waals surface area contributed by atoms with Crippen LogP contribution in [0.25, 0.3) is 0 Å². The molecular weight excluding hydrogens is 272 g/mol. The predicted molar refractivity (Wildman–Crippen MR) is 94.6 cm³/mol. The summed E-state index contributed by atoms with van der Waals surface area (Å²) in [4.78, 5) is 0. The minimum Gasteiger partial charge on any atom is -0.390 e. The van der Waals surface area contributed by atoms with Crippen LogP contribution in [0.4, 0.5) is 0 Å². The van der Waals surface area contributed by atoms with Crippen molar-refractivity contribution in [3.8, 4) is 0 Å². The highest BCUT2D eigenvalue weighted by atomic mass is 16.3. The van der Waals surface area contributed by atoms with E-state index in [0.29, 0.717) is 18.3 Å². The summed E-state index contributed by atoms with van der Waals surface area (Å²) in [5.41, 5.74) is 1.65. The molecule has 0 saturated heterocycles. The molecule has 0 unspecified atom stereocenters. The number of aliphatic hydroxyl groups is 2. The molecule has 2 nitrogen and oxygen atoms in total. The van der Waals surface area contributed by atoms with Gasteiger partial charge < -0.3 is 10.2 Å². The van der Waals surface area contributed by atoms with Crippen molar-refractivity contribution in [2.75, 3.05) is 0 Å². The molecule has 0 amide bonds. The molecule has 0 spiro atoms. The van der Waals surface area contributed by atoms with Gasteiger partial charge in [0.1, 0.15) is 0 Å². The van der Waals surface area contributed by atoms with Crippen molar-refractivity contribution in [2.24, 2.45) is 17.3 Å². The van der Waals surface area contributed by atoms with Crippen LogP contribution in [0.2, 0.25) is 0 Å². The Morgan fingerprint density at radius 3 is 2.45 bits per heavy atom. The van der Waals surface area contributed by atoms with Gasteiger partial charge in [0.25, 0.3) is 0 Å². The van der Waals surface area contributed by atoms with Crippen LogP contribution in [-0.4, -0.2) is 21.9 Å². The Kier molecular flexibility index (Phi) is 6.23. The third-order valence-corrected chi connectivity index (χ3v) is 5.53. The average Bonchev–Trinajstić information content (AvgIpc) is 2.43. The molecule has 126 valence electrons. The normalized spacial score (nSPS) is 31.7. The Morgan fingerprint density at radius 2 is 2.00 bits per heavy atom. The fourth-order valence-electron chi connectivity index (χ4n) is 3.51. The van der Waals surface area contributed by atoms with Crippen LogP contribution in [0.5, 0.6) is 0 Å². The van der Waals surface area contributed by atoms with E-state index in [9.17, 15) is 10.2 Å². The van der Waals surface area contributed by atoms with Crippen molar-refractivity contribution >= 4 is 0 Å². The van der Waals surface area contributed by atoms with Crippen molar-refractivity contribution in [1.29, 1.82) is 0 Å². The van der Waals surface area contributed by atoms with Crippen LogP contribution in [0, 0.1) is 17.3 Å². The lowest BCUT2D eigenvalue weighted by molar-refractivity contribution is -0.0457. The Bertz CT molecular complexity index is 441. The smallest absolute Gasteiger partial charge is 0.0856 e. The Labute approximate surface area is 136 Å². The first-order valence-corrected chi connectivity index (χ1v) is 8.37.